The molecular formula is C14H21N3. The van der Waals surface area contributed by atoms with Gasteiger partial charge in [-0.2, -0.15) is 0 Å². The molecular weight excluding hydrogens is 210 g/mol. The van der Waals surface area contributed by atoms with Crippen LogP contribution in [0.25, 0.3) is 0 Å². The van der Waals surface area contributed by atoms with Gasteiger partial charge in [-0.25, -0.2) is 9.97 Å². The van der Waals surface area contributed by atoms with E-state index in [1.807, 2.05) is 0 Å². The minimum absolute atomic E-state index is 0.630. The van der Waals surface area contributed by atoms with Crippen molar-refractivity contribution in [3.05, 3.63) is 17.6 Å². The van der Waals surface area contributed by atoms with E-state index in [1.165, 1.54) is 43.4 Å². The van der Waals surface area contributed by atoms with Gasteiger partial charge >= 0.3 is 0 Å². The van der Waals surface area contributed by atoms with Crippen molar-refractivity contribution in [3.8, 4) is 0 Å². The Morgan fingerprint density at radius 1 is 1.12 bits per heavy atom. The van der Waals surface area contributed by atoms with Crippen molar-refractivity contribution in [1.29, 1.82) is 0 Å². The Morgan fingerprint density at radius 2 is 1.94 bits per heavy atom. The van der Waals surface area contributed by atoms with E-state index in [2.05, 4.69) is 22.2 Å². The highest BCUT2D eigenvalue weighted by Crippen LogP contribution is 2.29. The first-order chi connectivity index (χ1) is 8.33. The number of aryl methyl sites for hydroxylation is 1. The lowest BCUT2D eigenvalue weighted by molar-refractivity contribution is 0.360. The zero-order valence-corrected chi connectivity index (χ0v) is 10.6. The summed E-state index contributed by atoms with van der Waals surface area (Å²) in [6.45, 7) is 2.36. The number of nitrogens with one attached hydrogen (secondary N) is 1. The molecule has 17 heavy (non-hydrogen) atoms. The van der Waals surface area contributed by atoms with Crippen molar-refractivity contribution in [3.63, 3.8) is 0 Å². The summed E-state index contributed by atoms with van der Waals surface area (Å²) in [5.74, 6) is 2.02. The Balaban J connectivity index is 1.71. The Morgan fingerprint density at radius 3 is 2.76 bits per heavy atom. The van der Waals surface area contributed by atoms with Gasteiger partial charge in [0.1, 0.15) is 12.1 Å². The number of hydrogen-bond donors (Lipinski definition) is 1. The van der Waals surface area contributed by atoms with Crippen molar-refractivity contribution >= 4 is 5.82 Å². The van der Waals surface area contributed by atoms with Gasteiger partial charge in [0.15, 0.2) is 0 Å². The second-order valence-corrected chi connectivity index (χ2v) is 5.60. The fourth-order valence-corrected chi connectivity index (χ4v) is 3.08. The third-order valence-corrected chi connectivity index (χ3v) is 4.23. The molecule has 0 unspecified atom stereocenters. The molecule has 0 saturated heterocycles. The van der Waals surface area contributed by atoms with E-state index in [-0.39, 0.29) is 0 Å². The summed E-state index contributed by atoms with van der Waals surface area (Å²) in [6, 6.07) is 0.630. The summed E-state index contributed by atoms with van der Waals surface area (Å²) in [5.41, 5.74) is 2.65. The zero-order valence-electron chi connectivity index (χ0n) is 10.6. The summed E-state index contributed by atoms with van der Waals surface area (Å²) < 4.78 is 0. The van der Waals surface area contributed by atoms with Crippen LogP contribution < -0.4 is 5.32 Å². The molecule has 3 rings (SSSR count). The highest BCUT2D eigenvalue weighted by Gasteiger charge is 2.22. The van der Waals surface area contributed by atoms with E-state index in [4.69, 9.17) is 0 Å². The highest BCUT2D eigenvalue weighted by molar-refractivity contribution is 5.48. The van der Waals surface area contributed by atoms with Crippen molar-refractivity contribution in [2.75, 3.05) is 5.32 Å². The molecule has 0 amide bonds. The maximum Gasteiger partial charge on any atom is 0.133 e. The molecule has 1 saturated carbocycles. The number of aromatic nitrogens is 2. The first-order valence-electron chi connectivity index (χ1n) is 6.92. The van der Waals surface area contributed by atoms with Gasteiger partial charge in [-0.3, -0.25) is 0 Å². The predicted molar refractivity (Wildman–Crippen MR) is 69.1 cm³/mol. The SMILES string of the molecule is CC1CCC(Nc2ncnc3c2CCC3)CC1. The van der Waals surface area contributed by atoms with Crippen molar-refractivity contribution < 1.29 is 0 Å². The van der Waals surface area contributed by atoms with Gasteiger partial charge < -0.3 is 5.32 Å². The molecule has 1 N–H and O–H groups in total. The molecule has 2 aliphatic carbocycles. The number of anilines is 1. The normalized spacial score (nSPS) is 27.8. The maximum absolute atomic E-state index is 4.44. The average molecular weight is 231 g/mol. The molecule has 1 fully saturated rings. The quantitative estimate of drug-likeness (QED) is 0.850. The van der Waals surface area contributed by atoms with Gasteiger partial charge in [-0.15, -0.1) is 0 Å². The largest absolute Gasteiger partial charge is 0.367 e. The van der Waals surface area contributed by atoms with Crippen LogP contribution in [0, 0.1) is 5.92 Å². The van der Waals surface area contributed by atoms with Gasteiger partial charge in [0.05, 0.1) is 0 Å². The van der Waals surface area contributed by atoms with Gasteiger partial charge in [0, 0.05) is 17.3 Å². The lowest BCUT2D eigenvalue weighted by Crippen LogP contribution is -2.26. The summed E-state index contributed by atoms with van der Waals surface area (Å²) in [4.78, 5) is 8.82. The Labute approximate surface area is 103 Å². The van der Waals surface area contributed by atoms with Gasteiger partial charge in [-0.05, 0) is 50.9 Å². The summed E-state index contributed by atoms with van der Waals surface area (Å²) in [7, 11) is 0. The van der Waals surface area contributed by atoms with E-state index >= 15 is 0 Å². The van der Waals surface area contributed by atoms with Crippen molar-refractivity contribution in [2.45, 2.75) is 57.9 Å². The first kappa shape index (κ1) is 11.0. The maximum atomic E-state index is 4.44. The lowest BCUT2D eigenvalue weighted by Gasteiger charge is -2.27. The third-order valence-electron chi connectivity index (χ3n) is 4.23. The van der Waals surface area contributed by atoms with Crippen molar-refractivity contribution in [2.24, 2.45) is 5.92 Å². The van der Waals surface area contributed by atoms with Gasteiger partial charge in [0.2, 0.25) is 0 Å². The second-order valence-electron chi connectivity index (χ2n) is 5.60. The van der Waals surface area contributed by atoms with Crippen LogP contribution in [0.3, 0.4) is 0 Å². The molecule has 0 aromatic carbocycles. The zero-order chi connectivity index (χ0) is 11.7. The third kappa shape index (κ3) is 2.28. The molecule has 1 heterocycles. The van der Waals surface area contributed by atoms with E-state index in [1.54, 1.807) is 6.33 Å². The summed E-state index contributed by atoms with van der Waals surface area (Å²) in [5, 5.41) is 3.65. The molecule has 0 atom stereocenters. The fraction of sp³-hybridized carbons (Fsp3) is 0.714. The number of rotatable bonds is 2. The topological polar surface area (TPSA) is 37.8 Å². The molecule has 1 aromatic heterocycles. The number of nitrogens with zero attached hydrogens (tertiary/aromatic N) is 2. The first-order valence-corrected chi connectivity index (χ1v) is 6.92. The molecule has 2 aliphatic rings. The minimum atomic E-state index is 0.630. The fourth-order valence-electron chi connectivity index (χ4n) is 3.08. The standard InChI is InChI=1S/C14H21N3/c1-10-5-7-11(8-6-10)17-14-12-3-2-4-13(12)15-9-16-14/h9-11H,2-8H2,1H3,(H,15,16,17). The molecule has 3 heteroatoms. The van der Waals surface area contributed by atoms with Crippen LogP contribution in [-0.4, -0.2) is 16.0 Å². The van der Waals surface area contributed by atoms with Crippen LogP contribution >= 0.6 is 0 Å². The number of hydrogen-bond acceptors (Lipinski definition) is 3. The van der Waals surface area contributed by atoms with Gasteiger partial charge in [0.25, 0.3) is 0 Å². The molecule has 1 aromatic rings. The second kappa shape index (κ2) is 4.63. The monoisotopic (exact) mass is 231 g/mol. The molecule has 92 valence electrons. The molecule has 0 radical (unpaired) electrons. The summed E-state index contributed by atoms with van der Waals surface area (Å²) >= 11 is 0. The van der Waals surface area contributed by atoms with E-state index in [9.17, 15) is 0 Å². The molecule has 3 nitrogen and oxygen atoms in total. The van der Waals surface area contributed by atoms with E-state index in [0.717, 1.165) is 24.6 Å². The van der Waals surface area contributed by atoms with Crippen LogP contribution in [0.4, 0.5) is 5.82 Å². The van der Waals surface area contributed by atoms with Crippen LogP contribution in [0.15, 0.2) is 6.33 Å². The van der Waals surface area contributed by atoms with Crippen LogP contribution in [0.1, 0.15) is 50.3 Å². The van der Waals surface area contributed by atoms with Crippen LogP contribution in [-0.2, 0) is 12.8 Å². The molecule has 0 aliphatic heterocycles. The molecule has 0 bridgehead atoms. The Hall–Kier alpha value is -1.12. The van der Waals surface area contributed by atoms with Gasteiger partial charge in [-0.1, -0.05) is 6.92 Å². The molecule has 0 spiro atoms. The van der Waals surface area contributed by atoms with Crippen LogP contribution in [0.2, 0.25) is 0 Å². The minimum Gasteiger partial charge on any atom is -0.367 e. The smallest absolute Gasteiger partial charge is 0.133 e. The Bertz CT molecular complexity index is 394. The average Bonchev–Trinajstić information content (AvgIpc) is 2.81. The van der Waals surface area contributed by atoms with Crippen molar-refractivity contribution in [1.82, 2.24) is 9.97 Å². The predicted octanol–water partition coefficient (Wildman–Crippen LogP) is 2.96. The highest BCUT2D eigenvalue weighted by atomic mass is 15.0. The lowest BCUT2D eigenvalue weighted by atomic mass is 9.87. The summed E-state index contributed by atoms with van der Waals surface area (Å²) in [6.07, 6.45) is 10.5. The van der Waals surface area contributed by atoms with E-state index < -0.39 is 0 Å². The van der Waals surface area contributed by atoms with E-state index in [0.29, 0.717) is 6.04 Å². The van der Waals surface area contributed by atoms with Crippen LogP contribution in [0.5, 0.6) is 0 Å². The Kier molecular flexibility index (Phi) is 3.00. The number of fused-ring (bicyclic) bond motifs is 1.